The zero-order chi connectivity index (χ0) is 15.6. The molecule has 0 amide bonds. The van der Waals surface area contributed by atoms with Gasteiger partial charge in [-0.3, -0.25) is 4.79 Å². The molecule has 2 aromatic rings. The molecule has 1 N–H and O–H groups in total. The van der Waals surface area contributed by atoms with E-state index >= 15 is 0 Å². The lowest BCUT2D eigenvalue weighted by atomic mass is 10.0. The molecule has 3 nitrogen and oxygen atoms in total. The number of benzene rings is 1. The molecule has 1 heterocycles. The summed E-state index contributed by atoms with van der Waals surface area (Å²) in [4.78, 5) is 11.6. The van der Waals surface area contributed by atoms with Crippen LogP contribution in [0.4, 0.5) is 13.2 Å². The summed E-state index contributed by atoms with van der Waals surface area (Å²) in [6, 6.07) is 8.57. The maximum atomic E-state index is 12.6. The monoisotopic (exact) mass is 297 g/mol. The average molecular weight is 297 g/mol. The summed E-state index contributed by atoms with van der Waals surface area (Å²) in [7, 11) is 0. The quantitative estimate of drug-likeness (QED) is 0.946. The number of hydrogen-bond acceptors (Lipinski definition) is 2. The van der Waals surface area contributed by atoms with Crippen LogP contribution in [0.2, 0.25) is 0 Å². The smallest absolute Gasteiger partial charge is 0.387 e. The van der Waals surface area contributed by atoms with Gasteiger partial charge in [-0.15, -0.1) is 0 Å². The van der Waals surface area contributed by atoms with Gasteiger partial charge in [0.2, 0.25) is 0 Å². The Balaban J connectivity index is 2.31. The Morgan fingerprint density at radius 2 is 1.86 bits per heavy atom. The van der Waals surface area contributed by atoms with E-state index in [0.717, 1.165) is 28.5 Å². The summed E-state index contributed by atoms with van der Waals surface area (Å²) in [6.07, 6.45) is -4.85. The SMILES string of the molecule is Cc1ccccc1C(O)Cn1cc(C(F)(F)F)ccc1=O. The van der Waals surface area contributed by atoms with Crippen molar-refractivity contribution in [3.05, 3.63) is 69.6 Å². The van der Waals surface area contributed by atoms with Gasteiger partial charge in [0.1, 0.15) is 0 Å². The predicted octanol–water partition coefficient (Wildman–Crippen LogP) is 2.91. The highest BCUT2D eigenvalue weighted by molar-refractivity contribution is 5.27. The lowest BCUT2D eigenvalue weighted by Gasteiger charge is -2.16. The van der Waals surface area contributed by atoms with Crippen molar-refractivity contribution in [1.82, 2.24) is 4.57 Å². The lowest BCUT2D eigenvalue weighted by Crippen LogP contribution is -2.24. The van der Waals surface area contributed by atoms with Crippen LogP contribution in [0.3, 0.4) is 0 Å². The first-order valence-corrected chi connectivity index (χ1v) is 6.30. The highest BCUT2D eigenvalue weighted by Gasteiger charge is 2.31. The second-order valence-corrected chi connectivity index (χ2v) is 4.78. The Morgan fingerprint density at radius 1 is 1.19 bits per heavy atom. The van der Waals surface area contributed by atoms with Crippen molar-refractivity contribution in [1.29, 1.82) is 0 Å². The molecule has 0 aliphatic rings. The van der Waals surface area contributed by atoms with E-state index < -0.39 is 23.4 Å². The summed E-state index contributed by atoms with van der Waals surface area (Å²) in [5.74, 6) is 0. The predicted molar refractivity (Wildman–Crippen MR) is 71.8 cm³/mol. The van der Waals surface area contributed by atoms with E-state index in [9.17, 15) is 23.1 Å². The van der Waals surface area contributed by atoms with Crippen LogP contribution in [-0.4, -0.2) is 9.67 Å². The third kappa shape index (κ3) is 3.52. The molecule has 2 rings (SSSR count). The molecule has 0 bridgehead atoms. The number of aromatic nitrogens is 1. The van der Waals surface area contributed by atoms with Crippen LogP contribution in [0.15, 0.2) is 47.4 Å². The van der Waals surface area contributed by atoms with Crippen molar-refractivity contribution in [2.75, 3.05) is 0 Å². The normalized spacial score (nSPS) is 13.2. The summed E-state index contributed by atoms with van der Waals surface area (Å²) >= 11 is 0. The molecule has 1 aromatic heterocycles. The van der Waals surface area contributed by atoms with E-state index in [0.29, 0.717) is 5.56 Å². The van der Waals surface area contributed by atoms with Crippen LogP contribution in [-0.2, 0) is 12.7 Å². The molecule has 6 heteroatoms. The van der Waals surface area contributed by atoms with Crippen LogP contribution in [0, 0.1) is 6.92 Å². The Morgan fingerprint density at radius 3 is 2.48 bits per heavy atom. The van der Waals surface area contributed by atoms with E-state index in [2.05, 4.69) is 0 Å². The van der Waals surface area contributed by atoms with Crippen LogP contribution in [0.25, 0.3) is 0 Å². The Labute approximate surface area is 119 Å². The number of pyridine rings is 1. The minimum absolute atomic E-state index is 0.229. The summed E-state index contributed by atoms with van der Waals surface area (Å²) in [5, 5.41) is 10.1. The molecule has 0 aliphatic carbocycles. The molecule has 1 unspecified atom stereocenters. The maximum Gasteiger partial charge on any atom is 0.417 e. The minimum atomic E-state index is -4.52. The lowest BCUT2D eigenvalue weighted by molar-refractivity contribution is -0.138. The Hall–Kier alpha value is -2.08. The van der Waals surface area contributed by atoms with Gasteiger partial charge in [-0.1, -0.05) is 24.3 Å². The van der Waals surface area contributed by atoms with Gasteiger partial charge in [-0.25, -0.2) is 0 Å². The first-order valence-electron chi connectivity index (χ1n) is 6.30. The second-order valence-electron chi connectivity index (χ2n) is 4.78. The summed E-state index contributed by atoms with van der Waals surface area (Å²) in [5.41, 5.74) is -0.110. The number of aliphatic hydroxyl groups is 1. The van der Waals surface area contributed by atoms with Gasteiger partial charge in [0.05, 0.1) is 18.2 Å². The van der Waals surface area contributed by atoms with Crippen LogP contribution in [0.5, 0.6) is 0 Å². The molecule has 21 heavy (non-hydrogen) atoms. The Kier molecular flexibility index (Phi) is 4.18. The average Bonchev–Trinajstić information content (AvgIpc) is 2.40. The number of halogens is 3. The topological polar surface area (TPSA) is 42.2 Å². The van der Waals surface area contributed by atoms with Gasteiger partial charge in [-0.2, -0.15) is 13.2 Å². The van der Waals surface area contributed by atoms with E-state index in [-0.39, 0.29) is 6.54 Å². The van der Waals surface area contributed by atoms with Gasteiger partial charge in [-0.05, 0) is 24.1 Å². The molecule has 0 saturated carbocycles. The zero-order valence-corrected chi connectivity index (χ0v) is 11.3. The van der Waals surface area contributed by atoms with Crippen LogP contribution in [0.1, 0.15) is 22.8 Å². The van der Waals surface area contributed by atoms with Crippen molar-refractivity contribution < 1.29 is 18.3 Å². The molecule has 0 radical (unpaired) electrons. The van der Waals surface area contributed by atoms with E-state index in [1.165, 1.54) is 0 Å². The van der Waals surface area contributed by atoms with E-state index in [4.69, 9.17) is 0 Å². The highest BCUT2D eigenvalue weighted by Crippen LogP contribution is 2.28. The third-order valence-corrected chi connectivity index (χ3v) is 3.23. The van der Waals surface area contributed by atoms with Crippen LogP contribution < -0.4 is 5.56 Å². The van der Waals surface area contributed by atoms with Gasteiger partial charge < -0.3 is 9.67 Å². The molecule has 0 saturated heterocycles. The van der Waals surface area contributed by atoms with Gasteiger partial charge >= 0.3 is 6.18 Å². The summed E-state index contributed by atoms with van der Waals surface area (Å²) in [6.45, 7) is 1.56. The van der Waals surface area contributed by atoms with Crippen molar-refractivity contribution in [2.24, 2.45) is 0 Å². The second kappa shape index (κ2) is 5.73. The van der Waals surface area contributed by atoms with Crippen LogP contribution >= 0.6 is 0 Å². The fourth-order valence-electron chi connectivity index (χ4n) is 2.09. The third-order valence-electron chi connectivity index (χ3n) is 3.23. The molecule has 0 aliphatic heterocycles. The van der Waals surface area contributed by atoms with E-state index in [1.54, 1.807) is 31.2 Å². The first kappa shape index (κ1) is 15.3. The number of aliphatic hydroxyl groups excluding tert-OH is 1. The number of hydrogen-bond donors (Lipinski definition) is 1. The molecule has 1 atom stereocenters. The van der Waals surface area contributed by atoms with Crippen molar-refractivity contribution in [2.45, 2.75) is 25.7 Å². The van der Waals surface area contributed by atoms with Gasteiger partial charge in [0.15, 0.2) is 0 Å². The molecule has 0 fully saturated rings. The largest absolute Gasteiger partial charge is 0.417 e. The molecular formula is C15H14F3NO2. The number of alkyl halides is 3. The zero-order valence-electron chi connectivity index (χ0n) is 11.3. The Bertz CT molecular complexity index is 692. The van der Waals surface area contributed by atoms with Crippen molar-refractivity contribution in [3.63, 3.8) is 0 Å². The van der Waals surface area contributed by atoms with Gasteiger partial charge in [0, 0.05) is 12.3 Å². The number of nitrogens with zero attached hydrogens (tertiary/aromatic N) is 1. The summed E-state index contributed by atoms with van der Waals surface area (Å²) < 4.78 is 38.8. The van der Waals surface area contributed by atoms with E-state index in [1.807, 2.05) is 0 Å². The highest BCUT2D eigenvalue weighted by atomic mass is 19.4. The standard InChI is InChI=1S/C15H14F3NO2/c1-10-4-2-3-5-12(10)13(20)9-19-8-11(15(16,17)18)6-7-14(19)21/h2-8,13,20H,9H2,1H3. The number of aryl methyl sites for hydroxylation is 1. The number of rotatable bonds is 3. The fraction of sp³-hybridized carbons (Fsp3) is 0.267. The minimum Gasteiger partial charge on any atom is -0.387 e. The van der Waals surface area contributed by atoms with Gasteiger partial charge in [0.25, 0.3) is 5.56 Å². The maximum absolute atomic E-state index is 12.6. The van der Waals surface area contributed by atoms with Crippen molar-refractivity contribution >= 4 is 0 Å². The first-order chi connectivity index (χ1) is 9.79. The van der Waals surface area contributed by atoms with Crippen molar-refractivity contribution in [3.8, 4) is 0 Å². The molecule has 112 valence electrons. The molecule has 0 spiro atoms. The fourth-order valence-corrected chi connectivity index (χ4v) is 2.09. The molecular weight excluding hydrogens is 283 g/mol. The molecule has 1 aromatic carbocycles.